The van der Waals surface area contributed by atoms with Crippen LogP contribution in [0.5, 0.6) is 5.88 Å². The maximum atomic E-state index is 5.26. The third-order valence-corrected chi connectivity index (χ3v) is 5.94. The molecule has 29 heavy (non-hydrogen) atoms. The average Bonchev–Trinajstić information content (AvgIpc) is 3.24. The number of nitrogens with one attached hydrogen (secondary N) is 2. The summed E-state index contributed by atoms with van der Waals surface area (Å²) in [5.74, 6) is 1.28. The molecule has 0 aliphatic heterocycles. The van der Waals surface area contributed by atoms with Crippen molar-refractivity contribution >= 4 is 27.9 Å². The topological polar surface area (TPSA) is 72.0 Å². The summed E-state index contributed by atoms with van der Waals surface area (Å²) in [5, 5.41) is 19.2. The van der Waals surface area contributed by atoms with Gasteiger partial charge in [-0.15, -0.1) is 16.4 Å². The summed E-state index contributed by atoms with van der Waals surface area (Å²) >= 11 is 1.74. The highest BCUT2D eigenvalue weighted by Crippen LogP contribution is 2.33. The van der Waals surface area contributed by atoms with Crippen molar-refractivity contribution in [2.75, 3.05) is 19.5 Å². The lowest BCUT2D eigenvalue weighted by Crippen LogP contribution is -2.08. The van der Waals surface area contributed by atoms with Crippen LogP contribution in [-0.4, -0.2) is 29.3 Å². The third kappa shape index (κ3) is 4.06. The second kappa shape index (κ2) is 8.55. The lowest BCUT2D eigenvalue weighted by atomic mass is 10.0. The monoisotopic (exact) mass is 405 g/mol. The number of aromatic nitrogens is 3. The molecular weight excluding hydrogens is 382 g/mol. The lowest BCUT2D eigenvalue weighted by Gasteiger charge is -2.14. The molecule has 3 heterocycles. The van der Waals surface area contributed by atoms with Gasteiger partial charge in [0.1, 0.15) is 0 Å². The lowest BCUT2D eigenvalue weighted by molar-refractivity contribution is 0.399. The van der Waals surface area contributed by atoms with Crippen molar-refractivity contribution < 1.29 is 4.74 Å². The van der Waals surface area contributed by atoms with Gasteiger partial charge in [0.05, 0.1) is 19.3 Å². The first kappa shape index (κ1) is 19.3. The average molecular weight is 406 g/mol. The second-order valence-electron chi connectivity index (χ2n) is 6.80. The highest BCUT2D eigenvalue weighted by atomic mass is 32.1. The van der Waals surface area contributed by atoms with Crippen LogP contribution in [0.15, 0.2) is 54.2 Å². The molecule has 4 aromatic rings. The van der Waals surface area contributed by atoms with Gasteiger partial charge in [0.25, 0.3) is 0 Å². The van der Waals surface area contributed by atoms with Crippen LogP contribution < -0.4 is 15.4 Å². The molecule has 0 radical (unpaired) electrons. The molecule has 0 bridgehead atoms. The van der Waals surface area contributed by atoms with E-state index in [9.17, 15) is 0 Å². The first-order valence-electron chi connectivity index (χ1n) is 9.43. The van der Waals surface area contributed by atoms with Crippen molar-refractivity contribution in [3.63, 3.8) is 0 Å². The van der Waals surface area contributed by atoms with Crippen LogP contribution in [0.3, 0.4) is 0 Å². The number of pyridine rings is 1. The Bertz CT molecular complexity index is 1130. The van der Waals surface area contributed by atoms with Crippen molar-refractivity contribution in [3.05, 3.63) is 64.6 Å². The van der Waals surface area contributed by atoms with Crippen LogP contribution in [0, 0.1) is 0 Å². The summed E-state index contributed by atoms with van der Waals surface area (Å²) in [5.41, 5.74) is 3.79. The summed E-state index contributed by atoms with van der Waals surface area (Å²) in [6, 6.07) is 12.7. The van der Waals surface area contributed by atoms with Crippen molar-refractivity contribution in [1.29, 1.82) is 0 Å². The quantitative estimate of drug-likeness (QED) is 0.466. The molecule has 1 aromatic carbocycles. The van der Waals surface area contributed by atoms with Gasteiger partial charge in [-0.05, 0) is 42.1 Å². The maximum Gasteiger partial charge on any atom is 0.213 e. The van der Waals surface area contributed by atoms with Gasteiger partial charge in [0, 0.05) is 34.5 Å². The molecule has 0 unspecified atom stereocenters. The van der Waals surface area contributed by atoms with E-state index in [0.29, 0.717) is 5.88 Å². The Morgan fingerprint density at radius 3 is 2.86 bits per heavy atom. The Balaban J connectivity index is 1.61. The molecule has 0 saturated carbocycles. The van der Waals surface area contributed by atoms with E-state index in [-0.39, 0.29) is 6.04 Å². The fourth-order valence-electron chi connectivity index (χ4n) is 3.32. The zero-order valence-corrected chi connectivity index (χ0v) is 17.5. The van der Waals surface area contributed by atoms with E-state index in [1.165, 1.54) is 21.6 Å². The molecule has 6 nitrogen and oxygen atoms in total. The number of anilines is 1. The molecule has 7 heteroatoms. The highest BCUT2D eigenvalue weighted by Gasteiger charge is 2.14. The molecule has 148 valence electrons. The number of hydrogen-bond donors (Lipinski definition) is 2. The molecule has 0 aliphatic carbocycles. The second-order valence-corrected chi connectivity index (χ2v) is 7.74. The van der Waals surface area contributed by atoms with E-state index >= 15 is 0 Å². The van der Waals surface area contributed by atoms with E-state index in [2.05, 4.69) is 68.5 Å². The van der Waals surface area contributed by atoms with Crippen molar-refractivity contribution in [3.8, 4) is 17.0 Å². The smallest absolute Gasteiger partial charge is 0.213 e. The standard InChI is InChI=1S/C22H23N5OS/c1-14(26-22-19-9-21(28-3)24-11-17(19)12-25-27-22)20-8-16(13-29-20)18-7-5-4-6-15(18)10-23-2/h4-9,11-14,23H,10H2,1-3H3,(H,26,27)/t14-/m1/s1. The van der Waals surface area contributed by atoms with Gasteiger partial charge in [-0.1, -0.05) is 24.3 Å². The first-order valence-corrected chi connectivity index (χ1v) is 10.3. The fraction of sp³-hybridized carbons (Fsp3) is 0.227. The minimum Gasteiger partial charge on any atom is -0.481 e. The summed E-state index contributed by atoms with van der Waals surface area (Å²) in [4.78, 5) is 5.48. The van der Waals surface area contributed by atoms with E-state index in [1.54, 1.807) is 30.8 Å². The van der Waals surface area contributed by atoms with Crippen LogP contribution in [0.2, 0.25) is 0 Å². The molecule has 2 N–H and O–H groups in total. The molecule has 3 aromatic heterocycles. The highest BCUT2D eigenvalue weighted by molar-refractivity contribution is 7.10. The van der Waals surface area contributed by atoms with E-state index < -0.39 is 0 Å². The van der Waals surface area contributed by atoms with Crippen LogP contribution >= 0.6 is 11.3 Å². The van der Waals surface area contributed by atoms with Crippen LogP contribution in [-0.2, 0) is 6.54 Å². The number of rotatable bonds is 7. The molecular formula is C22H23N5OS. The van der Waals surface area contributed by atoms with Crippen LogP contribution in [0.4, 0.5) is 5.82 Å². The predicted molar refractivity (Wildman–Crippen MR) is 118 cm³/mol. The van der Waals surface area contributed by atoms with Crippen molar-refractivity contribution in [2.45, 2.75) is 19.5 Å². The Kier molecular flexibility index (Phi) is 5.69. The van der Waals surface area contributed by atoms with Gasteiger partial charge in [0.2, 0.25) is 5.88 Å². The molecule has 0 amide bonds. The Morgan fingerprint density at radius 1 is 1.17 bits per heavy atom. The van der Waals surface area contributed by atoms with Crippen molar-refractivity contribution in [1.82, 2.24) is 20.5 Å². The molecule has 4 rings (SSSR count). The van der Waals surface area contributed by atoms with Crippen molar-refractivity contribution in [2.24, 2.45) is 0 Å². The van der Waals surface area contributed by atoms with E-state index in [4.69, 9.17) is 4.74 Å². The number of ether oxygens (including phenoxy) is 1. The van der Waals surface area contributed by atoms with Gasteiger partial charge < -0.3 is 15.4 Å². The minimum absolute atomic E-state index is 0.0873. The summed E-state index contributed by atoms with van der Waals surface area (Å²) < 4.78 is 5.26. The third-order valence-electron chi connectivity index (χ3n) is 4.82. The van der Waals surface area contributed by atoms with E-state index in [1.807, 2.05) is 13.1 Å². The summed E-state index contributed by atoms with van der Waals surface area (Å²) in [6.45, 7) is 2.98. The van der Waals surface area contributed by atoms with Gasteiger partial charge in [-0.3, -0.25) is 0 Å². The van der Waals surface area contributed by atoms with Crippen LogP contribution in [0.1, 0.15) is 23.4 Å². The SMILES string of the molecule is CNCc1ccccc1-c1csc([C@@H](C)Nc2nncc3cnc(OC)cc23)c1. The molecule has 0 saturated heterocycles. The fourth-order valence-corrected chi connectivity index (χ4v) is 4.24. The number of nitrogens with zero attached hydrogens (tertiary/aromatic N) is 3. The van der Waals surface area contributed by atoms with Gasteiger partial charge in [-0.25, -0.2) is 4.98 Å². The Hall–Kier alpha value is -3.03. The first-order chi connectivity index (χ1) is 14.2. The molecule has 0 spiro atoms. The number of methoxy groups -OCH3 is 1. The van der Waals surface area contributed by atoms with Gasteiger partial charge in [0.15, 0.2) is 5.82 Å². The zero-order valence-electron chi connectivity index (χ0n) is 16.6. The largest absolute Gasteiger partial charge is 0.481 e. The number of hydrogen-bond acceptors (Lipinski definition) is 7. The summed E-state index contributed by atoms with van der Waals surface area (Å²) in [6.07, 6.45) is 3.46. The Labute approximate surface area is 174 Å². The molecule has 1 atom stereocenters. The van der Waals surface area contributed by atoms with Gasteiger partial charge >= 0.3 is 0 Å². The molecule has 0 aliphatic rings. The van der Waals surface area contributed by atoms with E-state index in [0.717, 1.165) is 23.1 Å². The predicted octanol–water partition coefficient (Wildman–Crippen LogP) is 4.65. The van der Waals surface area contributed by atoms with Gasteiger partial charge in [-0.2, -0.15) is 5.10 Å². The number of benzene rings is 1. The summed E-state index contributed by atoms with van der Waals surface area (Å²) in [7, 11) is 3.58. The molecule has 0 fully saturated rings. The number of fused-ring (bicyclic) bond motifs is 1. The van der Waals surface area contributed by atoms with Crippen LogP contribution in [0.25, 0.3) is 21.9 Å². The normalized spacial score (nSPS) is 12.1. The Morgan fingerprint density at radius 2 is 2.03 bits per heavy atom. The minimum atomic E-state index is 0.0873. The zero-order chi connectivity index (χ0) is 20.2. The number of thiophene rings is 1. The maximum absolute atomic E-state index is 5.26.